The normalized spacial score (nSPS) is 23.5. The summed E-state index contributed by atoms with van der Waals surface area (Å²) in [6.45, 7) is 1.73. The van der Waals surface area contributed by atoms with Gasteiger partial charge in [0.2, 0.25) is 5.91 Å². The van der Waals surface area contributed by atoms with Gasteiger partial charge in [0.15, 0.2) is 0 Å². The number of carbonyl (C=O) groups excluding carboxylic acids is 1. The van der Waals surface area contributed by atoms with Crippen LogP contribution in [0.1, 0.15) is 31.2 Å². The van der Waals surface area contributed by atoms with Crippen molar-refractivity contribution in [1.29, 1.82) is 0 Å². The van der Waals surface area contributed by atoms with Gasteiger partial charge in [-0.1, -0.05) is 0 Å². The van der Waals surface area contributed by atoms with E-state index in [1.54, 1.807) is 14.2 Å². The number of rotatable bonds is 5. The van der Waals surface area contributed by atoms with E-state index in [1.165, 1.54) is 12.8 Å². The smallest absolute Gasteiger partial charge is 0.222 e. The zero-order chi connectivity index (χ0) is 16.2. The molecule has 2 unspecified atom stereocenters. The minimum absolute atomic E-state index is 0.240. The van der Waals surface area contributed by atoms with Gasteiger partial charge >= 0.3 is 0 Å². The van der Waals surface area contributed by atoms with Crippen LogP contribution in [0.4, 0.5) is 0 Å². The molecule has 1 amide bonds. The van der Waals surface area contributed by atoms with E-state index in [0.717, 1.165) is 36.6 Å². The van der Waals surface area contributed by atoms with Gasteiger partial charge in [-0.25, -0.2) is 0 Å². The average molecular weight is 318 g/mol. The van der Waals surface area contributed by atoms with Crippen LogP contribution in [0.25, 0.3) is 0 Å². The molecule has 1 aromatic carbocycles. The molecule has 2 aliphatic heterocycles. The number of hydrogen-bond acceptors (Lipinski definition) is 4. The Kier molecular flexibility index (Phi) is 5.06. The molecule has 5 nitrogen and oxygen atoms in total. The van der Waals surface area contributed by atoms with Gasteiger partial charge in [-0.05, 0) is 49.4 Å². The molecule has 1 N–H and O–H groups in total. The molecule has 2 aliphatic rings. The van der Waals surface area contributed by atoms with Crippen LogP contribution >= 0.6 is 0 Å². The first-order valence-electron chi connectivity index (χ1n) is 8.44. The van der Waals surface area contributed by atoms with Crippen molar-refractivity contribution in [2.24, 2.45) is 0 Å². The Hall–Kier alpha value is -1.75. The van der Waals surface area contributed by atoms with Crippen LogP contribution in [-0.2, 0) is 11.2 Å². The minimum Gasteiger partial charge on any atom is -0.497 e. The Balaban J connectivity index is 1.60. The quantitative estimate of drug-likeness (QED) is 0.902. The van der Waals surface area contributed by atoms with E-state index in [-0.39, 0.29) is 5.91 Å². The van der Waals surface area contributed by atoms with Gasteiger partial charge in [-0.2, -0.15) is 0 Å². The maximum atomic E-state index is 12.6. The van der Waals surface area contributed by atoms with Crippen molar-refractivity contribution in [3.8, 4) is 11.5 Å². The molecule has 0 saturated carbocycles. The highest BCUT2D eigenvalue weighted by Crippen LogP contribution is 2.26. The van der Waals surface area contributed by atoms with Gasteiger partial charge in [0.05, 0.1) is 14.2 Å². The maximum absolute atomic E-state index is 12.6. The highest BCUT2D eigenvalue weighted by atomic mass is 16.5. The number of ether oxygens (including phenoxy) is 2. The molecule has 2 heterocycles. The van der Waals surface area contributed by atoms with E-state index in [0.29, 0.717) is 24.9 Å². The molecule has 5 heteroatoms. The molecule has 2 bridgehead atoms. The summed E-state index contributed by atoms with van der Waals surface area (Å²) in [6.07, 6.45) is 4.72. The molecule has 0 radical (unpaired) electrons. The largest absolute Gasteiger partial charge is 0.497 e. The van der Waals surface area contributed by atoms with Gasteiger partial charge < -0.3 is 19.7 Å². The van der Waals surface area contributed by atoms with Crippen LogP contribution in [0.15, 0.2) is 18.2 Å². The summed E-state index contributed by atoms with van der Waals surface area (Å²) in [5.74, 6) is 1.85. The fraction of sp³-hybridized carbons (Fsp3) is 0.611. The van der Waals surface area contributed by atoms with Crippen LogP contribution in [0.2, 0.25) is 0 Å². The summed E-state index contributed by atoms with van der Waals surface area (Å²) in [4.78, 5) is 14.6. The van der Waals surface area contributed by atoms with Crippen molar-refractivity contribution in [2.75, 3.05) is 27.3 Å². The lowest BCUT2D eigenvalue weighted by Crippen LogP contribution is -2.39. The van der Waals surface area contributed by atoms with Crippen LogP contribution in [-0.4, -0.2) is 50.2 Å². The first kappa shape index (κ1) is 16.1. The number of amides is 1. The van der Waals surface area contributed by atoms with Crippen LogP contribution in [0.5, 0.6) is 11.5 Å². The molecule has 2 fully saturated rings. The molecular formula is C18H26N2O3. The lowest BCUT2D eigenvalue weighted by molar-refractivity contribution is -0.131. The van der Waals surface area contributed by atoms with Crippen molar-refractivity contribution >= 4 is 5.91 Å². The third kappa shape index (κ3) is 3.78. The molecule has 23 heavy (non-hydrogen) atoms. The van der Waals surface area contributed by atoms with Gasteiger partial charge in [-0.15, -0.1) is 0 Å². The molecule has 2 atom stereocenters. The lowest BCUT2D eigenvalue weighted by Gasteiger charge is -2.24. The van der Waals surface area contributed by atoms with Crippen molar-refractivity contribution in [3.63, 3.8) is 0 Å². The van der Waals surface area contributed by atoms with E-state index in [9.17, 15) is 4.79 Å². The first-order chi connectivity index (χ1) is 11.2. The second-order valence-corrected chi connectivity index (χ2v) is 6.44. The molecule has 1 aromatic rings. The monoisotopic (exact) mass is 318 g/mol. The van der Waals surface area contributed by atoms with Crippen LogP contribution in [0, 0.1) is 0 Å². The number of fused-ring (bicyclic) bond motifs is 2. The zero-order valence-corrected chi connectivity index (χ0v) is 14.0. The Labute approximate surface area is 137 Å². The van der Waals surface area contributed by atoms with Crippen molar-refractivity contribution in [1.82, 2.24) is 10.2 Å². The number of hydrogen-bond donors (Lipinski definition) is 1. The Morgan fingerprint density at radius 2 is 2.04 bits per heavy atom. The topological polar surface area (TPSA) is 50.8 Å². The lowest BCUT2D eigenvalue weighted by atomic mass is 10.1. The molecule has 0 spiro atoms. The Morgan fingerprint density at radius 1 is 1.22 bits per heavy atom. The molecule has 0 aromatic heterocycles. The number of methoxy groups -OCH3 is 2. The number of likely N-dealkylation sites (tertiary alicyclic amines) is 1. The summed E-state index contributed by atoms with van der Waals surface area (Å²) < 4.78 is 10.7. The molecular weight excluding hydrogens is 292 g/mol. The Bertz CT molecular complexity index is 561. The highest BCUT2D eigenvalue weighted by Gasteiger charge is 2.30. The standard InChI is InChI=1S/C18H26N2O3/c1-22-16-6-7-17(23-2)13(11-16)3-8-18(21)20-10-9-14-4-5-15(12-20)19-14/h6-7,11,14-15,19H,3-5,8-10,12H2,1-2H3. The summed E-state index contributed by atoms with van der Waals surface area (Å²) in [7, 11) is 3.31. The van der Waals surface area contributed by atoms with Gasteiger partial charge in [0.25, 0.3) is 0 Å². The average Bonchev–Trinajstić information content (AvgIpc) is 2.91. The summed E-state index contributed by atoms with van der Waals surface area (Å²) in [6, 6.07) is 6.82. The molecule has 3 rings (SSSR count). The van der Waals surface area contributed by atoms with Crippen molar-refractivity contribution in [3.05, 3.63) is 23.8 Å². The number of carbonyl (C=O) groups is 1. The predicted molar refractivity (Wildman–Crippen MR) is 89.0 cm³/mol. The van der Waals surface area contributed by atoms with E-state index >= 15 is 0 Å². The summed E-state index contributed by atoms with van der Waals surface area (Å²) >= 11 is 0. The van der Waals surface area contributed by atoms with Crippen molar-refractivity contribution < 1.29 is 14.3 Å². The second-order valence-electron chi connectivity index (χ2n) is 6.44. The molecule has 126 valence electrons. The fourth-order valence-electron chi connectivity index (χ4n) is 3.65. The second kappa shape index (κ2) is 7.21. The molecule has 2 saturated heterocycles. The third-order valence-electron chi connectivity index (χ3n) is 4.97. The number of benzene rings is 1. The van der Waals surface area contributed by atoms with Gasteiger partial charge in [0.1, 0.15) is 11.5 Å². The summed E-state index contributed by atoms with van der Waals surface area (Å²) in [5.41, 5.74) is 1.02. The van der Waals surface area contributed by atoms with Gasteiger partial charge in [0, 0.05) is 31.6 Å². The number of nitrogens with zero attached hydrogens (tertiary/aromatic N) is 1. The number of nitrogens with one attached hydrogen (secondary N) is 1. The van der Waals surface area contributed by atoms with E-state index in [4.69, 9.17) is 9.47 Å². The number of aryl methyl sites for hydroxylation is 1. The third-order valence-corrected chi connectivity index (χ3v) is 4.97. The molecule has 0 aliphatic carbocycles. The van der Waals surface area contributed by atoms with E-state index in [1.807, 2.05) is 23.1 Å². The van der Waals surface area contributed by atoms with E-state index in [2.05, 4.69) is 5.32 Å². The zero-order valence-electron chi connectivity index (χ0n) is 14.0. The van der Waals surface area contributed by atoms with Crippen molar-refractivity contribution in [2.45, 2.75) is 44.2 Å². The van der Waals surface area contributed by atoms with Crippen LogP contribution < -0.4 is 14.8 Å². The van der Waals surface area contributed by atoms with Gasteiger partial charge in [-0.3, -0.25) is 4.79 Å². The highest BCUT2D eigenvalue weighted by molar-refractivity contribution is 5.76. The Morgan fingerprint density at radius 3 is 2.83 bits per heavy atom. The fourth-order valence-corrected chi connectivity index (χ4v) is 3.65. The first-order valence-corrected chi connectivity index (χ1v) is 8.44. The predicted octanol–water partition coefficient (Wildman–Crippen LogP) is 1.99. The van der Waals surface area contributed by atoms with E-state index < -0.39 is 0 Å². The SMILES string of the molecule is COc1ccc(OC)c(CCC(=O)N2CCC3CCC(C2)N3)c1. The van der Waals surface area contributed by atoms with Crippen LogP contribution in [0.3, 0.4) is 0 Å². The minimum atomic E-state index is 0.240. The maximum Gasteiger partial charge on any atom is 0.222 e. The summed E-state index contributed by atoms with van der Waals surface area (Å²) in [5, 5.41) is 3.61.